The van der Waals surface area contributed by atoms with Crippen LogP contribution in [-0.2, 0) is 0 Å². The fraction of sp³-hybridized carbons (Fsp3) is 0. The molecule has 0 aliphatic carbocycles. The van der Waals surface area contributed by atoms with Crippen LogP contribution in [0.4, 0.5) is 0 Å². The Bertz CT molecular complexity index is 345. The van der Waals surface area contributed by atoms with Gasteiger partial charge >= 0.3 is 0 Å². The Morgan fingerprint density at radius 3 is 2.43 bits per heavy atom. The highest BCUT2D eigenvalue weighted by atomic mass is 127. The molecule has 0 unspecified atom stereocenters. The molecule has 1 rings (SSSR count). The van der Waals surface area contributed by atoms with Gasteiger partial charge in [-0.3, -0.25) is 8.32 Å². The normalized spacial score (nSPS) is 9.36. The lowest BCUT2D eigenvalue weighted by molar-refractivity contribution is 0.0989. The highest BCUT2D eigenvalue weighted by Gasteiger charge is 2.10. The first-order valence-corrected chi connectivity index (χ1v) is 4.59. The summed E-state index contributed by atoms with van der Waals surface area (Å²) >= 11 is 1.73. The highest BCUT2D eigenvalue weighted by molar-refractivity contribution is 14.1. The maximum atomic E-state index is 11.2. The van der Waals surface area contributed by atoms with Crippen LogP contribution in [-0.4, -0.2) is 5.91 Å². The third kappa shape index (κ3) is 2.25. The second-order valence-corrected chi connectivity index (χ2v) is 2.86. The van der Waals surface area contributed by atoms with E-state index in [1.54, 1.807) is 28.9 Å². The predicted octanol–water partition coefficient (Wildman–Crippen LogP) is 0.271. The maximum absolute atomic E-state index is 11.2. The first kappa shape index (κ1) is 11.0. The standard InChI is InChI=1S/C7H8IN3O3/c8-11-7(12)4-1-2-5(13-9)6(3-4)14-10/h1-3H,9-10H2,(H,11,12). The number of carbonyl (C=O) groups is 1. The van der Waals surface area contributed by atoms with Gasteiger partial charge in [0, 0.05) is 5.56 Å². The molecule has 0 bridgehead atoms. The molecule has 0 aliphatic rings. The van der Waals surface area contributed by atoms with Gasteiger partial charge in [0.05, 0.1) is 22.9 Å². The number of hydrogen-bond donors (Lipinski definition) is 3. The van der Waals surface area contributed by atoms with E-state index in [4.69, 9.17) is 11.8 Å². The van der Waals surface area contributed by atoms with Crippen molar-refractivity contribution >= 4 is 28.8 Å². The molecule has 5 N–H and O–H groups in total. The third-order valence-electron chi connectivity index (χ3n) is 1.55. The van der Waals surface area contributed by atoms with E-state index in [1.807, 2.05) is 0 Å². The van der Waals surface area contributed by atoms with Gasteiger partial charge in [0.1, 0.15) is 0 Å². The number of benzene rings is 1. The third-order valence-corrected chi connectivity index (χ3v) is 2.04. The van der Waals surface area contributed by atoms with Crippen molar-refractivity contribution in [3.05, 3.63) is 23.8 Å². The lowest BCUT2D eigenvalue weighted by Gasteiger charge is -2.06. The summed E-state index contributed by atoms with van der Waals surface area (Å²) in [5.74, 6) is 10.1. The van der Waals surface area contributed by atoms with E-state index < -0.39 is 0 Å². The molecule has 0 spiro atoms. The average molecular weight is 309 g/mol. The monoisotopic (exact) mass is 309 g/mol. The first-order valence-electron chi connectivity index (χ1n) is 3.51. The molecule has 0 fully saturated rings. The number of rotatable bonds is 3. The van der Waals surface area contributed by atoms with Gasteiger partial charge in [-0.1, -0.05) is 0 Å². The minimum atomic E-state index is -0.257. The Morgan fingerprint density at radius 2 is 1.93 bits per heavy atom. The highest BCUT2D eigenvalue weighted by Crippen LogP contribution is 2.26. The van der Waals surface area contributed by atoms with Crippen LogP contribution < -0.4 is 25.0 Å². The Labute approximate surface area is 93.9 Å². The molecule has 6 nitrogen and oxygen atoms in total. The van der Waals surface area contributed by atoms with Crippen LogP contribution in [0.2, 0.25) is 0 Å². The zero-order valence-electron chi connectivity index (χ0n) is 6.99. The van der Waals surface area contributed by atoms with E-state index >= 15 is 0 Å². The summed E-state index contributed by atoms with van der Waals surface area (Å²) in [4.78, 5) is 20.1. The van der Waals surface area contributed by atoms with Crippen molar-refractivity contribution in [2.24, 2.45) is 11.8 Å². The second kappa shape index (κ2) is 4.98. The zero-order chi connectivity index (χ0) is 10.6. The van der Waals surface area contributed by atoms with Crippen LogP contribution in [0.15, 0.2) is 18.2 Å². The van der Waals surface area contributed by atoms with E-state index in [2.05, 4.69) is 13.2 Å². The molecule has 1 aromatic carbocycles. The molecule has 0 saturated carbocycles. The molecule has 0 aliphatic heterocycles. The molecule has 1 amide bonds. The Morgan fingerprint density at radius 1 is 1.29 bits per heavy atom. The molecule has 76 valence electrons. The van der Waals surface area contributed by atoms with Crippen LogP contribution in [0.1, 0.15) is 10.4 Å². The SMILES string of the molecule is NOc1ccc(C(=O)NI)cc1ON. The number of nitrogens with two attached hydrogens (primary N) is 2. The van der Waals surface area contributed by atoms with Gasteiger partial charge in [0.2, 0.25) is 0 Å². The number of hydrogen-bond acceptors (Lipinski definition) is 5. The van der Waals surface area contributed by atoms with Crippen molar-refractivity contribution in [1.82, 2.24) is 3.53 Å². The molecular weight excluding hydrogens is 301 g/mol. The van der Waals surface area contributed by atoms with Gasteiger partial charge in [-0.25, -0.2) is 0 Å². The lowest BCUT2D eigenvalue weighted by Crippen LogP contribution is -2.13. The lowest BCUT2D eigenvalue weighted by atomic mass is 10.2. The Kier molecular flexibility index (Phi) is 3.92. The molecule has 7 heteroatoms. The molecular formula is C7H8IN3O3. The van der Waals surface area contributed by atoms with Gasteiger partial charge in [-0.15, -0.1) is 0 Å². The van der Waals surface area contributed by atoms with E-state index in [-0.39, 0.29) is 17.4 Å². The number of nitrogens with one attached hydrogen (secondary N) is 1. The van der Waals surface area contributed by atoms with Gasteiger partial charge < -0.3 is 9.68 Å². The quantitative estimate of drug-likeness (QED) is 0.423. The number of carbonyl (C=O) groups excluding carboxylic acids is 1. The van der Waals surface area contributed by atoms with Crippen molar-refractivity contribution in [2.45, 2.75) is 0 Å². The van der Waals surface area contributed by atoms with Crippen LogP contribution in [0.25, 0.3) is 0 Å². The molecule has 0 saturated heterocycles. The molecule has 0 radical (unpaired) electrons. The fourth-order valence-electron chi connectivity index (χ4n) is 0.893. The van der Waals surface area contributed by atoms with Crippen LogP contribution >= 0.6 is 22.9 Å². The van der Waals surface area contributed by atoms with Crippen molar-refractivity contribution in [1.29, 1.82) is 0 Å². The number of amides is 1. The van der Waals surface area contributed by atoms with Gasteiger partial charge in [0.15, 0.2) is 11.5 Å². The average Bonchev–Trinajstić information content (AvgIpc) is 2.26. The summed E-state index contributed by atoms with van der Waals surface area (Å²) < 4.78 is 2.43. The van der Waals surface area contributed by atoms with E-state index in [0.29, 0.717) is 5.56 Å². The molecule has 14 heavy (non-hydrogen) atoms. The van der Waals surface area contributed by atoms with Crippen LogP contribution in [0.3, 0.4) is 0 Å². The summed E-state index contributed by atoms with van der Waals surface area (Å²) in [7, 11) is 0. The maximum Gasteiger partial charge on any atom is 0.260 e. The topological polar surface area (TPSA) is 99.6 Å². The predicted molar refractivity (Wildman–Crippen MR) is 57.6 cm³/mol. The van der Waals surface area contributed by atoms with Crippen molar-refractivity contribution in [3.8, 4) is 11.5 Å². The van der Waals surface area contributed by atoms with Crippen LogP contribution in [0, 0.1) is 0 Å². The largest absolute Gasteiger partial charge is 0.407 e. The Hall–Kier alpha value is -1.06. The smallest absolute Gasteiger partial charge is 0.260 e. The summed E-state index contributed by atoms with van der Waals surface area (Å²) in [6.07, 6.45) is 0. The second-order valence-electron chi connectivity index (χ2n) is 2.32. The summed E-state index contributed by atoms with van der Waals surface area (Å²) in [5, 5.41) is 0. The van der Waals surface area contributed by atoms with Crippen LogP contribution in [0.5, 0.6) is 11.5 Å². The van der Waals surface area contributed by atoms with Crippen molar-refractivity contribution in [2.75, 3.05) is 0 Å². The number of halogens is 1. The van der Waals surface area contributed by atoms with Gasteiger partial charge in [-0.05, 0) is 18.2 Å². The van der Waals surface area contributed by atoms with E-state index in [1.165, 1.54) is 12.1 Å². The fourth-order valence-corrected chi connectivity index (χ4v) is 1.20. The van der Waals surface area contributed by atoms with Crippen molar-refractivity contribution in [3.63, 3.8) is 0 Å². The van der Waals surface area contributed by atoms with Gasteiger partial charge in [0.25, 0.3) is 5.91 Å². The first-order chi connectivity index (χ1) is 6.72. The molecule has 0 heterocycles. The molecule has 1 aromatic rings. The van der Waals surface area contributed by atoms with E-state index in [9.17, 15) is 4.79 Å². The molecule has 0 aromatic heterocycles. The minimum absolute atomic E-state index is 0.199. The Balaban J connectivity index is 3.07. The zero-order valence-corrected chi connectivity index (χ0v) is 9.15. The van der Waals surface area contributed by atoms with Gasteiger partial charge in [-0.2, -0.15) is 11.8 Å². The summed E-state index contributed by atoms with van der Waals surface area (Å²) in [5.41, 5.74) is 0.403. The molecule has 0 atom stereocenters. The minimum Gasteiger partial charge on any atom is -0.407 e. The van der Waals surface area contributed by atoms with E-state index in [0.717, 1.165) is 0 Å². The summed E-state index contributed by atoms with van der Waals surface area (Å²) in [6.45, 7) is 0. The van der Waals surface area contributed by atoms with Crippen molar-refractivity contribution < 1.29 is 14.5 Å². The summed E-state index contributed by atoms with van der Waals surface area (Å²) in [6, 6.07) is 4.46.